The first-order chi connectivity index (χ1) is 15.2. The second-order valence-corrected chi connectivity index (χ2v) is 8.84. The van der Waals surface area contributed by atoms with Crippen LogP contribution in [0.1, 0.15) is 42.7 Å². The third-order valence-corrected chi connectivity index (χ3v) is 6.59. The van der Waals surface area contributed by atoms with Crippen LogP contribution in [-0.4, -0.2) is 60.4 Å². The third-order valence-electron chi connectivity index (χ3n) is 6.59. The van der Waals surface area contributed by atoms with Crippen LogP contribution in [0, 0.1) is 0 Å². The third kappa shape index (κ3) is 6.17. The van der Waals surface area contributed by atoms with Crippen LogP contribution in [-0.2, 0) is 16.0 Å². The lowest BCUT2D eigenvalue weighted by Crippen LogP contribution is -2.48. The van der Waals surface area contributed by atoms with Gasteiger partial charge >= 0.3 is 0 Å². The van der Waals surface area contributed by atoms with E-state index in [1.807, 2.05) is 29.2 Å². The fraction of sp³-hybridized carbons (Fsp3) is 0.462. The molecule has 5 nitrogen and oxygen atoms in total. The monoisotopic (exact) mass is 419 g/mol. The Bertz CT molecular complexity index is 847. The van der Waals surface area contributed by atoms with Gasteiger partial charge in [-0.25, -0.2) is 0 Å². The summed E-state index contributed by atoms with van der Waals surface area (Å²) in [6, 6.07) is 20.9. The number of amides is 2. The quantitative estimate of drug-likeness (QED) is 0.750. The predicted octanol–water partition coefficient (Wildman–Crippen LogP) is 3.22. The molecule has 164 valence electrons. The van der Waals surface area contributed by atoms with Crippen LogP contribution in [0.2, 0.25) is 0 Å². The van der Waals surface area contributed by atoms with Crippen LogP contribution in [0.15, 0.2) is 60.7 Å². The van der Waals surface area contributed by atoms with Gasteiger partial charge in [0.2, 0.25) is 11.8 Å². The molecule has 2 amide bonds. The smallest absolute Gasteiger partial charge is 0.234 e. The van der Waals surface area contributed by atoms with Gasteiger partial charge in [0, 0.05) is 32.1 Å². The van der Waals surface area contributed by atoms with Crippen LogP contribution in [0.5, 0.6) is 0 Å². The van der Waals surface area contributed by atoms with E-state index < -0.39 is 0 Å². The van der Waals surface area contributed by atoms with Crippen LogP contribution in [0.4, 0.5) is 0 Å². The molecule has 0 radical (unpaired) electrons. The SMILES string of the molecule is O=C(CN1CC[C@H](c2ccccc2)C1)NC1CCN(C(=O)CCc2ccccc2)CC1. The Morgan fingerprint density at radius 2 is 1.55 bits per heavy atom. The Morgan fingerprint density at radius 3 is 2.26 bits per heavy atom. The zero-order chi connectivity index (χ0) is 21.5. The van der Waals surface area contributed by atoms with Crippen molar-refractivity contribution in [2.45, 2.75) is 44.1 Å². The zero-order valence-corrected chi connectivity index (χ0v) is 18.2. The molecule has 5 heteroatoms. The zero-order valence-electron chi connectivity index (χ0n) is 18.2. The molecule has 0 unspecified atom stereocenters. The number of carbonyl (C=O) groups excluding carboxylic acids is 2. The number of nitrogens with one attached hydrogen (secondary N) is 1. The molecule has 1 atom stereocenters. The van der Waals surface area contributed by atoms with Crippen LogP contribution < -0.4 is 5.32 Å². The lowest BCUT2D eigenvalue weighted by molar-refractivity contribution is -0.132. The average Bonchev–Trinajstić information content (AvgIpc) is 3.27. The van der Waals surface area contributed by atoms with E-state index in [0.717, 1.165) is 51.9 Å². The number of carbonyl (C=O) groups is 2. The second kappa shape index (κ2) is 10.6. The summed E-state index contributed by atoms with van der Waals surface area (Å²) in [5, 5.41) is 3.20. The molecule has 0 aromatic heterocycles. The number of rotatable bonds is 7. The fourth-order valence-corrected chi connectivity index (χ4v) is 4.78. The van der Waals surface area contributed by atoms with Crippen LogP contribution in [0.25, 0.3) is 0 Å². The topological polar surface area (TPSA) is 52.7 Å². The Hall–Kier alpha value is -2.66. The van der Waals surface area contributed by atoms with E-state index in [9.17, 15) is 9.59 Å². The highest BCUT2D eigenvalue weighted by atomic mass is 16.2. The first kappa shape index (κ1) is 21.6. The van der Waals surface area contributed by atoms with Gasteiger partial charge in [0.25, 0.3) is 0 Å². The summed E-state index contributed by atoms with van der Waals surface area (Å²) in [6.45, 7) is 3.86. The molecule has 2 heterocycles. The van der Waals surface area contributed by atoms with E-state index in [2.05, 4.69) is 46.6 Å². The van der Waals surface area contributed by atoms with E-state index in [-0.39, 0.29) is 17.9 Å². The van der Waals surface area contributed by atoms with Crippen molar-refractivity contribution in [3.63, 3.8) is 0 Å². The molecule has 2 fully saturated rings. The van der Waals surface area contributed by atoms with Gasteiger partial charge in [0.05, 0.1) is 6.54 Å². The van der Waals surface area contributed by atoms with Crippen LogP contribution >= 0.6 is 0 Å². The van der Waals surface area contributed by atoms with Crippen molar-refractivity contribution in [1.82, 2.24) is 15.1 Å². The number of likely N-dealkylation sites (tertiary alicyclic amines) is 2. The van der Waals surface area contributed by atoms with Crippen molar-refractivity contribution in [3.8, 4) is 0 Å². The summed E-state index contributed by atoms with van der Waals surface area (Å²) < 4.78 is 0. The summed E-state index contributed by atoms with van der Waals surface area (Å²) in [4.78, 5) is 29.3. The van der Waals surface area contributed by atoms with Gasteiger partial charge in [-0.15, -0.1) is 0 Å². The normalized spacial score (nSPS) is 20.0. The molecular weight excluding hydrogens is 386 g/mol. The maximum absolute atomic E-state index is 12.6. The Kier molecular flexibility index (Phi) is 7.36. The highest BCUT2D eigenvalue weighted by Crippen LogP contribution is 2.26. The van der Waals surface area contributed by atoms with E-state index in [4.69, 9.17) is 0 Å². The molecule has 0 aliphatic carbocycles. The van der Waals surface area contributed by atoms with Gasteiger partial charge in [-0.1, -0.05) is 60.7 Å². The minimum absolute atomic E-state index is 0.113. The summed E-state index contributed by atoms with van der Waals surface area (Å²) in [5.41, 5.74) is 2.57. The standard InChI is InChI=1S/C26H33N3O2/c30-25(20-28-16-13-23(19-28)22-9-5-2-6-10-22)27-24-14-17-29(18-15-24)26(31)12-11-21-7-3-1-4-8-21/h1-10,23-24H,11-20H2,(H,27,30)/t23-/m0/s1. The molecule has 2 saturated heterocycles. The minimum atomic E-state index is 0.113. The van der Waals surface area contributed by atoms with Crippen LogP contribution in [0.3, 0.4) is 0 Å². The summed E-state index contributed by atoms with van der Waals surface area (Å²) >= 11 is 0. The number of hydrogen-bond acceptors (Lipinski definition) is 3. The van der Waals surface area contributed by atoms with E-state index in [0.29, 0.717) is 18.9 Å². The molecule has 2 aliphatic rings. The molecule has 4 rings (SSSR count). The number of benzene rings is 2. The number of piperidine rings is 1. The van der Waals surface area contributed by atoms with Gasteiger partial charge in [-0.2, -0.15) is 0 Å². The second-order valence-electron chi connectivity index (χ2n) is 8.84. The van der Waals surface area contributed by atoms with Gasteiger partial charge in [0.1, 0.15) is 0 Å². The van der Waals surface area contributed by atoms with Gasteiger partial charge in [-0.3, -0.25) is 14.5 Å². The van der Waals surface area contributed by atoms with Crippen molar-refractivity contribution in [1.29, 1.82) is 0 Å². The molecule has 2 aromatic carbocycles. The highest BCUT2D eigenvalue weighted by Gasteiger charge is 2.27. The van der Waals surface area contributed by atoms with E-state index in [1.165, 1.54) is 11.1 Å². The summed E-state index contributed by atoms with van der Waals surface area (Å²) in [7, 11) is 0. The highest BCUT2D eigenvalue weighted by molar-refractivity contribution is 5.79. The van der Waals surface area contributed by atoms with Gasteiger partial charge < -0.3 is 10.2 Å². The first-order valence-electron chi connectivity index (χ1n) is 11.6. The molecule has 2 aromatic rings. The molecular formula is C26H33N3O2. The van der Waals surface area contributed by atoms with Crippen molar-refractivity contribution in [2.24, 2.45) is 0 Å². The number of hydrogen-bond donors (Lipinski definition) is 1. The Balaban J connectivity index is 1.14. The molecule has 0 bridgehead atoms. The molecule has 1 N–H and O–H groups in total. The lowest BCUT2D eigenvalue weighted by Gasteiger charge is -2.33. The van der Waals surface area contributed by atoms with E-state index >= 15 is 0 Å². The predicted molar refractivity (Wildman–Crippen MR) is 123 cm³/mol. The number of nitrogens with zero attached hydrogens (tertiary/aromatic N) is 2. The fourth-order valence-electron chi connectivity index (χ4n) is 4.78. The van der Waals surface area contributed by atoms with Crippen molar-refractivity contribution in [2.75, 3.05) is 32.7 Å². The Morgan fingerprint density at radius 1 is 0.871 bits per heavy atom. The summed E-state index contributed by atoms with van der Waals surface area (Å²) in [5.74, 6) is 0.861. The number of aryl methyl sites for hydroxylation is 1. The molecule has 0 saturated carbocycles. The first-order valence-corrected chi connectivity index (χ1v) is 11.6. The van der Waals surface area contributed by atoms with Gasteiger partial charge in [-0.05, 0) is 49.3 Å². The molecule has 2 aliphatic heterocycles. The van der Waals surface area contributed by atoms with Crippen molar-refractivity contribution in [3.05, 3.63) is 71.8 Å². The Labute approximate surface area is 185 Å². The maximum atomic E-state index is 12.6. The maximum Gasteiger partial charge on any atom is 0.234 e. The largest absolute Gasteiger partial charge is 0.352 e. The molecule has 31 heavy (non-hydrogen) atoms. The molecule has 0 spiro atoms. The minimum Gasteiger partial charge on any atom is -0.352 e. The lowest BCUT2D eigenvalue weighted by atomic mass is 9.99. The van der Waals surface area contributed by atoms with Crippen molar-refractivity contribution >= 4 is 11.8 Å². The van der Waals surface area contributed by atoms with E-state index in [1.54, 1.807) is 0 Å². The average molecular weight is 420 g/mol. The van der Waals surface area contributed by atoms with Gasteiger partial charge in [0.15, 0.2) is 0 Å². The summed E-state index contributed by atoms with van der Waals surface area (Å²) in [6.07, 6.45) is 4.14. The van der Waals surface area contributed by atoms with Crippen molar-refractivity contribution < 1.29 is 9.59 Å².